The highest BCUT2D eigenvalue weighted by Crippen LogP contribution is 2.20. The lowest BCUT2D eigenvalue weighted by molar-refractivity contribution is -0.133. The molecule has 0 unspecified atom stereocenters. The lowest BCUT2D eigenvalue weighted by Gasteiger charge is -2.25. The van der Waals surface area contributed by atoms with E-state index >= 15 is 0 Å². The van der Waals surface area contributed by atoms with Crippen molar-refractivity contribution in [2.75, 3.05) is 26.2 Å². The number of benzene rings is 2. The van der Waals surface area contributed by atoms with Gasteiger partial charge in [0.1, 0.15) is 12.3 Å². The van der Waals surface area contributed by atoms with Crippen molar-refractivity contribution in [2.24, 2.45) is 5.16 Å². The van der Waals surface area contributed by atoms with Crippen molar-refractivity contribution in [1.82, 2.24) is 4.90 Å². The van der Waals surface area contributed by atoms with E-state index in [1.54, 1.807) is 6.08 Å². The van der Waals surface area contributed by atoms with Gasteiger partial charge in [-0.1, -0.05) is 73.6 Å². The number of aliphatic carboxylic acids is 1. The van der Waals surface area contributed by atoms with Crippen LogP contribution >= 0.6 is 12.4 Å². The summed E-state index contributed by atoms with van der Waals surface area (Å²) in [5.41, 5.74) is 5.97. The first-order valence-electron chi connectivity index (χ1n) is 10.6. The van der Waals surface area contributed by atoms with Crippen molar-refractivity contribution in [3.63, 3.8) is 0 Å². The van der Waals surface area contributed by atoms with Crippen LogP contribution in [0.25, 0.3) is 0 Å². The minimum absolute atomic E-state index is 0. The van der Waals surface area contributed by atoms with Crippen LogP contribution < -0.4 is 0 Å². The third kappa shape index (κ3) is 6.42. The summed E-state index contributed by atoms with van der Waals surface area (Å²) in [7, 11) is 0. The number of aryl methyl sites for hydroxylation is 2. The van der Waals surface area contributed by atoms with E-state index in [0.29, 0.717) is 25.3 Å². The minimum Gasteiger partial charge on any atom is -0.478 e. The smallest absolute Gasteiger partial charge is 0.332 e. The normalized spacial score (nSPS) is 13.7. The molecule has 5 nitrogen and oxygen atoms in total. The maximum absolute atomic E-state index is 11.2. The molecule has 1 aliphatic heterocycles. The number of nitrogens with zero attached hydrogens (tertiary/aromatic N) is 2. The highest BCUT2D eigenvalue weighted by atomic mass is 35.5. The summed E-state index contributed by atoms with van der Waals surface area (Å²) in [4.78, 5) is 19.1. The molecule has 166 valence electrons. The molecule has 2 aromatic carbocycles. The predicted molar refractivity (Wildman–Crippen MR) is 127 cm³/mol. The van der Waals surface area contributed by atoms with Gasteiger partial charge in [0.15, 0.2) is 0 Å². The standard InChI is InChI=1S/C25H30N2O3.ClH/c1-3-19-10-5-7-13-22(19)24(23-14-8-6-11-20(23)4-2)26-30-17-16-27-15-9-12-21(18-27)25(28)29;/h5-8,10-14H,3-4,9,15-18H2,1-2H3,(H,28,29);1H. The molecule has 0 bridgehead atoms. The molecule has 0 spiro atoms. The number of rotatable bonds is 9. The van der Waals surface area contributed by atoms with Crippen molar-refractivity contribution >= 4 is 24.1 Å². The first-order chi connectivity index (χ1) is 14.6. The summed E-state index contributed by atoms with van der Waals surface area (Å²) in [6, 6.07) is 16.6. The molecule has 3 rings (SSSR count). The predicted octanol–water partition coefficient (Wildman–Crippen LogP) is 4.72. The van der Waals surface area contributed by atoms with E-state index in [0.717, 1.165) is 42.6 Å². The molecule has 1 aliphatic rings. The topological polar surface area (TPSA) is 62.1 Å². The molecule has 0 saturated carbocycles. The summed E-state index contributed by atoms with van der Waals surface area (Å²) in [5, 5.41) is 13.8. The average Bonchev–Trinajstić information content (AvgIpc) is 2.79. The van der Waals surface area contributed by atoms with Gasteiger partial charge >= 0.3 is 5.97 Å². The van der Waals surface area contributed by atoms with Gasteiger partial charge in [-0.2, -0.15) is 0 Å². The van der Waals surface area contributed by atoms with Crippen LogP contribution in [0.15, 0.2) is 65.3 Å². The van der Waals surface area contributed by atoms with Gasteiger partial charge in [-0.15, -0.1) is 12.4 Å². The Morgan fingerprint density at radius 3 is 2.16 bits per heavy atom. The fourth-order valence-corrected chi connectivity index (χ4v) is 3.79. The Morgan fingerprint density at radius 2 is 1.61 bits per heavy atom. The van der Waals surface area contributed by atoms with Gasteiger partial charge in [-0.3, -0.25) is 4.90 Å². The molecular formula is C25H31ClN2O3. The third-order valence-corrected chi connectivity index (χ3v) is 5.47. The van der Waals surface area contributed by atoms with Crippen LogP contribution in [0.4, 0.5) is 0 Å². The molecule has 0 atom stereocenters. The third-order valence-electron chi connectivity index (χ3n) is 5.47. The number of oxime groups is 1. The largest absolute Gasteiger partial charge is 0.478 e. The molecular weight excluding hydrogens is 412 g/mol. The second-order valence-corrected chi connectivity index (χ2v) is 7.39. The Kier molecular flexibility index (Phi) is 9.76. The molecule has 1 heterocycles. The van der Waals surface area contributed by atoms with E-state index < -0.39 is 5.97 Å². The van der Waals surface area contributed by atoms with Crippen molar-refractivity contribution < 1.29 is 14.7 Å². The highest BCUT2D eigenvalue weighted by molar-refractivity contribution is 6.14. The number of carboxylic acid groups (broad SMARTS) is 1. The van der Waals surface area contributed by atoms with Gasteiger partial charge in [0.05, 0.1) is 0 Å². The Bertz CT molecular complexity index is 890. The fourth-order valence-electron chi connectivity index (χ4n) is 3.79. The molecule has 0 amide bonds. The van der Waals surface area contributed by atoms with E-state index in [9.17, 15) is 9.90 Å². The van der Waals surface area contributed by atoms with Crippen LogP contribution in [0, 0.1) is 0 Å². The second-order valence-electron chi connectivity index (χ2n) is 7.39. The van der Waals surface area contributed by atoms with E-state index in [1.165, 1.54) is 11.1 Å². The first kappa shape index (κ1) is 24.6. The zero-order chi connectivity index (χ0) is 21.3. The van der Waals surface area contributed by atoms with Crippen LogP contribution in [0.3, 0.4) is 0 Å². The minimum atomic E-state index is -0.840. The highest BCUT2D eigenvalue weighted by Gasteiger charge is 2.18. The molecule has 1 N–H and O–H groups in total. The Morgan fingerprint density at radius 1 is 1.03 bits per heavy atom. The number of hydrogen-bond donors (Lipinski definition) is 1. The van der Waals surface area contributed by atoms with Crippen LogP contribution in [-0.2, 0) is 22.5 Å². The van der Waals surface area contributed by atoms with E-state index in [1.807, 2.05) is 12.1 Å². The fraction of sp³-hybridized carbons (Fsp3) is 0.360. The zero-order valence-electron chi connectivity index (χ0n) is 18.2. The summed E-state index contributed by atoms with van der Waals surface area (Å²) < 4.78 is 0. The van der Waals surface area contributed by atoms with E-state index in [2.05, 4.69) is 60.3 Å². The Hall–Kier alpha value is -2.63. The van der Waals surface area contributed by atoms with Gasteiger partial charge < -0.3 is 9.94 Å². The van der Waals surface area contributed by atoms with Gasteiger partial charge in [0.2, 0.25) is 0 Å². The van der Waals surface area contributed by atoms with Gasteiger partial charge in [0.25, 0.3) is 0 Å². The summed E-state index contributed by atoms with van der Waals surface area (Å²) in [6.07, 6.45) is 4.40. The van der Waals surface area contributed by atoms with Crippen molar-refractivity contribution in [1.29, 1.82) is 0 Å². The van der Waals surface area contributed by atoms with Crippen LogP contribution in [-0.4, -0.2) is 47.9 Å². The molecule has 2 aromatic rings. The van der Waals surface area contributed by atoms with Crippen molar-refractivity contribution in [3.05, 3.63) is 82.4 Å². The van der Waals surface area contributed by atoms with Gasteiger partial charge in [-0.25, -0.2) is 4.79 Å². The number of hydrogen-bond acceptors (Lipinski definition) is 4. The lowest BCUT2D eigenvalue weighted by Crippen LogP contribution is -2.34. The zero-order valence-corrected chi connectivity index (χ0v) is 19.0. The maximum Gasteiger partial charge on any atom is 0.332 e. The first-order valence-corrected chi connectivity index (χ1v) is 10.6. The summed E-state index contributed by atoms with van der Waals surface area (Å²) >= 11 is 0. The quantitative estimate of drug-likeness (QED) is 0.347. The number of carboxylic acids is 1. The van der Waals surface area contributed by atoms with Crippen molar-refractivity contribution in [2.45, 2.75) is 33.1 Å². The molecule has 0 radical (unpaired) electrons. The average molecular weight is 443 g/mol. The van der Waals surface area contributed by atoms with Gasteiger partial charge in [0, 0.05) is 36.3 Å². The lowest BCUT2D eigenvalue weighted by atomic mass is 9.92. The molecule has 31 heavy (non-hydrogen) atoms. The SMILES string of the molecule is CCc1ccccc1C(=NOCCN1CCC=C(C(=O)O)C1)c1ccccc1CC.Cl. The molecule has 0 aliphatic carbocycles. The van der Waals surface area contributed by atoms with Crippen molar-refractivity contribution in [3.8, 4) is 0 Å². The Balaban J connectivity index is 0.00000341. The molecule has 0 aromatic heterocycles. The van der Waals surface area contributed by atoms with Gasteiger partial charge in [-0.05, 0) is 30.4 Å². The second kappa shape index (κ2) is 12.3. The van der Waals surface area contributed by atoms with Crippen LogP contribution in [0.5, 0.6) is 0 Å². The van der Waals surface area contributed by atoms with Crippen LogP contribution in [0.1, 0.15) is 42.5 Å². The summed E-state index contributed by atoms with van der Waals surface area (Å²) in [5.74, 6) is -0.840. The Labute approximate surface area is 190 Å². The number of carbonyl (C=O) groups is 1. The molecule has 0 fully saturated rings. The van der Waals surface area contributed by atoms with E-state index in [-0.39, 0.29) is 12.4 Å². The molecule has 6 heteroatoms. The van der Waals surface area contributed by atoms with Crippen LogP contribution in [0.2, 0.25) is 0 Å². The van der Waals surface area contributed by atoms with E-state index in [4.69, 9.17) is 4.84 Å². The maximum atomic E-state index is 11.2. The molecule has 0 saturated heterocycles. The summed E-state index contributed by atoms with van der Waals surface area (Å²) in [6.45, 7) is 6.64. The number of halogens is 1. The monoisotopic (exact) mass is 442 g/mol.